The Kier molecular flexibility index (Phi) is 2.91. The smallest absolute Gasteiger partial charge is 0.266 e. The summed E-state index contributed by atoms with van der Waals surface area (Å²) >= 11 is 0. The number of hydrogen-bond acceptors (Lipinski definition) is 4. The van der Waals surface area contributed by atoms with Crippen LogP contribution in [0, 0.1) is 6.92 Å². The second-order valence-electron chi connectivity index (χ2n) is 4.33. The highest BCUT2D eigenvalue weighted by Gasteiger charge is 2.26. The molecule has 2 aromatic rings. The van der Waals surface area contributed by atoms with Crippen molar-refractivity contribution in [1.29, 1.82) is 0 Å². The van der Waals surface area contributed by atoms with Crippen molar-refractivity contribution in [1.82, 2.24) is 14.5 Å². The van der Waals surface area contributed by atoms with E-state index in [2.05, 4.69) is 9.97 Å². The zero-order valence-corrected chi connectivity index (χ0v) is 10.6. The molecule has 0 aliphatic carbocycles. The van der Waals surface area contributed by atoms with Crippen LogP contribution < -0.4 is 9.64 Å². The summed E-state index contributed by atoms with van der Waals surface area (Å²) in [7, 11) is 0. The van der Waals surface area contributed by atoms with Gasteiger partial charge in [0.05, 0.1) is 0 Å². The van der Waals surface area contributed by atoms with Gasteiger partial charge in [0.1, 0.15) is 5.82 Å². The molecule has 1 aliphatic heterocycles. The first kappa shape index (κ1) is 11.7. The number of imidazole rings is 1. The molecule has 0 radical (unpaired) electrons. The molecule has 0 unspecified atom stereocenters. The maximum Gasteiger partial charge on any atom is 0.266 e. The summed E-state index contributed by atoms with van der Waals surface area (Å²) in [6.45, 7) is 3.26. The summed E-state index contributed by atoms with van der Waals surface area (Å²) in [5.74, 6) is 2.12. The molecule has 2 aromatic heterocycles. The summed E-state index contributed by atoms with van der Waals surface area (Å²) in [6.07, 6.45) is 5.32. The SMILES string of the molecule is Cc1nccn1CCN1C(=O)COc2cccnc21. The van der Waals surface area contributed by atoms with E-state index in [0.29, 0.717) is 24.7 Å². The van der Waals surface area contributed by atoms with E-state index in [9.17, 15) is 4.79 Å². The van der Waals surface area contributed by atoms with Crippen molar-refractivity contribution in [3.63, 3.8) is 0 Å². The van der Waals surface area contributed by atoms with Crippen LogP contribution in [0.15, 0.2) is 30.7 Å². The van der Waals surface area contributed by atoms with E-state index in [1.165, 1.54) is 0 Å². The lowest BCUT2D eigenvalue weighted by atomic mass is 10.3. The molecule has 0 spiro atoms. The standard InChI is InChI=1S/C13H14N4O2/c1-10-14-5-6-16(10)7-8-17-12(18)9-19-11-3-2-4-15-13(11)17/h2-6H,7-9H2,1H3. The van der Waals surface area contributed by atoms with E-state index in [0.717, 1.165) is 5.82 Å². The van der Waals surface area contributed by atoms with Crippen LogP contribution in [-0.2, 0) is 11.3 Å². The van der Waals surface area contributed by atoms with Gasteiger partial charge in [-0.05, 0) is 19.1 Å². The van der Waals surface area contributed by atoms with E-state index in [4.69, 9.17) is 4.74 Å². The fourth-order valence-corrected chi connectivity index (χ4v) is 2.11. The number of rotatable bonds is 3. The van der Waals surface area contributed by atoms with Crippen molar-refractivity contribution in [2.75, 3.05) is 18.1 Å². The van der Waals surface area contributed by atoms with E-state index >= 15 is 0 Å². The van der Waals surface area contributed by atoms with E-state index in [1.807, 2.05) is 23.8 Å². The average molecular weight is 258 g/mol. The predicted molar refractivity (Wildman–Crippen MR) is 69.0 cm³/mol. The number of carbonyl (C=O) groups is 1. The van der Waals surface area contributed by atoms with Crippen LogP contribution in [0.5, 0.6) is 5.75 Å². The summed E-state index contributed by atoms with van der Waals surface area (Å²) in [4.78, 5) is 22.0. The third kappa shape index (κ3) is 2.16. The molecule has 0 atom stereocenters. The van der Waals surface area contributed by atoms with Crippen LogP contribution in [0.3, 0.4) is 0 Å². The Morgan fingerprint density at radius 3 is 3.00 bits per heavy atom. The molecule has 6 nitrogen and oxygen atoms in total. The van der Waals surface area contributed by atoms with Crippen LogP contribution in [0.4, 0.5) is 5.82 Å². The molecule has 1 amide bonds. The molecule has 98 valence electrons. The van der Waals surface area contributed by atoms with Gasteiger partial charge >= 0.3 is 0 Å². The molecule has 0 bridgehead atoms. The van der Waals surface area contributed by atoms with Gasteiger partial charge in [-0.15, -0.1) is 0 Å². The summed E-state index contributed by atoms with van der Waals surface area (Å²) in [5, 5.41) is 0. The van der Waals surface area contributed by atoms with Gasteiger partial charge in [0, 0.05) is 31.7 Å². The number of nitrogens with zero attached hydrogens (tertiary/aromatic N) is 4. The second kappa shape index (κ2) is 4.72. The number of aromatic nitrogens is 3. The van der Waals surface area contributed by atoms with Crippen LogP contribution in [0.25, 0.3) is 0 Å². The summed E-state index contributed by atoms with van der Waals surface area (Å²) < 4.78 is 7.36. The van der Waals surface area contributed by atoms with Gasteiger partial charge < -0.3 is 9.30 Å². The first-order chi connectivity index (χ1) is 9.25. The fourth-order valence-electron chi connectivity index (χ4n) is 2.11. The van der Waals surface area contributed by atoms with Crippen LogP contribution in [0.1, 0.15) is 5.82 Å². The van der Waals surface area contributed by atoms with Crippen LogP contribution in [-0.4, -0.2) is 33.6 Å². The Morgan fingerprint density at radius 1 is 1.32 bits per heavy atom. The van der Waals surface area contributed by atoms with Crippen LogP contribution >= 0.6 is 0 Å². The summed E-state index contributed by atoms with van der Waals surface area (Å²) in [5.41, 5.74) is 0. The van der Waals surface area contributed by atoms with Crippen molar-refractivity contribution in [2.45, 2.75) is 13.5 Å². The number of carbonyl (C=O) groups excluding carboxylic acids is 1. The number of aryl methyl sites for hydroxylation is 1. The van der Waals surface area contributed by atoms with Gasteiger partial charge in [0.2, 0.25) is 0 Å². The minimum atomic E-state index is -0.0658. The van der Waals surface area contributed by atoms with Gasteiger partial charge in [0.15, 0.2) is 18.2 Å². The van der Waals surface area contributed by atoms with Crippen molar-refractivity contribution < 1.29 is 9.53 Å². The van der Waals surface area contributed by atoms with Crippen molar-refractivity contribution >= 4 is 11.7 Å². The molecule has 3 rings (SSSR count). The number of ether oxygens (including phenoxy) is 1. The molecule has 6 heteroatoms. The topological polar surface area (TPSA) is 60.2 Å². The largest absolute Gasteiger partial charge is 0.480 e. The Morgan fingerprint density at radius 2 is 2.21 bits per heavy atom. The average Bonchev–Trinajstić information content (AvgIpc) is 2.83. The molecular formula is C13H14N4O2. The minimum Gasteiger partial charge on any atom is -0.480 e. The molecule has 0 saturated heterocycles. The molecule has 0 N–H and O–H groups in total. The highest BCUT2D eigenvalue weighted by Crippen LogP contribution is 2.28. The van der Waals surface area contributed by atoms with E-state index in [1.54, 1.807) is 23.4 Å². The minimum absolute atomic E-state index is 0.0658. The first-order valence-electron chi connectivity index (χ1n) is 6.11. The summed E-state index contributed by atoms with van der Waals surface area (Å²) in [6, 6.07) is 3.62. The molecule has 3 heterocycles. The number of amides is 1. The zero-order chi connectivity index (χ0) is 13.2. The first-order valence-corrected chi connectivity index (χ1v) is 6.11. The Labute approximate surface area is 110 Å². The molecule has 0 aromatic carbocycles. The Bertz CT molecular complexity index is 608. The number of fused-ring (bicyclic) bond motifs is 1. The normalized spacial score (nSPS) is 14.2. The molecule has 0 saturated carbocycles. The third-order valence-corrected chi connectivity index (χ3v) is 3.15. The molecule has 1 aliphatic rings. The Hall–Kier alpha value is -2.37. The lowest BCUT2D eigenvalue weighted by Gasteiger charge is -2.28. The van der Waals surface area contributed by atoms with Gasteiger partial charge in [-0.25, -0.2) is 9.97 Å². The monoisotopic (exact) mass is 258 g/mol. The highest BCUT2D eigenvalue weighted by atomic mass is 16.5. The lowest BCUT2D eigenvalue weighted by molar-refractivity contribution is -0.121. The second-order valence-corrected chi connectivity index (χ2v) is 4.33. The molecule has 19 heavy (non-hydrogen) atoms. The maximum atomic E-state index is 11.9. The van der Waals surface area contributed by atoms with E-state index < -0.39 is 0 Å². The van der Waals surface area contributed by atoms with E-state index in [-0.39, 0.29) is 12.5 Å². The number of anilines is 1. The molecule has 0 fully saturated rings. The van der Waals surface area contributed by atoms with Crippen molar-refractivity contribution in [3.8, 4) is 5.75 Å². The number of pyridine rings is 1. The fraction of sp³-hybridized carbons (Fsp3) is 0.308. The lowest BCUT2D eigenvalue weighted by Crippen LogP contribution is -2.41. The van der Waals surface area contributed by atoms with Gasteiger partial charge in [-0.1, -0.05) is 0 Å². The van der Waals surface area contributed by atoms with Gasteiger partial charge in [-0.3, -0.25) is 9.69 Å². The molecular weight excluding hydrogens is 244 g/mol. The zero-order valence-electron chi connectivity index (χ0n) is 10.6. The number of hydrogen-bond donors (Lipinski definition) is 0. The predicted octanol–water partition coefficient (Wildman–Crippen LogP) is 1.01. The van der Waals surface area contributed by atoms with Crippen molar-refractivity contribution in [2.24, 2.45) is 0 Å². The van der Waals surface area contributed by atoms with Crippen molar-refractivity contribution in [3.05, 3.63) is 36.5 Å². The Balaban J connectivity index is 1.80. The van der Waals surface area contributed by atoms with Gasteiger partial charge in [0.25, 0.3) is 5.91 Å². The van der Waals surface area contributed by atoms with Crippen LogP contribution in [0.2, 0.25) is 0 Å². The quantitative estimate of drug-likeness (QED) is 0.824. The maximum absolute atomic E-state index is 11.9. The van der Waals surface area contributed by atoms with Gasteiger partial charge in [-0.2, -0.15) is 0 Å². The third-order valence-electron chi connectivity index (χ3n) is 3.15. The highest BCUT2D eigenvalue weighted by molar-refractivity contribution is 5.96.